The van der Waals surface area contributed by atoms with Crippen molar-refractivity contribution < 1.29 is 14.0 Å². The van der Waals surface area contributed by atoms with Crippen molar-refractivity contribution in [3.8, 4) is 0 Å². The van der Waals surface area contributed by atoms with Crippen LogP contribution in [-0.2, 0) is 0 Å². The van der Waals surface area contributed by atoms with Gasteiger partial charge in [0, 0.05) is 26.2 Å². The predicted octanol–water partition coefficient (Wildman–Crippen LogP) is 1.64. The molecule has 0 radical (unpaired) electrons. The molecule has 0 spiro atoms. The molecule has 2 amide bonds. The van der Waals surface area contributed by atoms with Crippen molar-refractivity contribution in [1.82, 2.24) is 14.8 Å². The van der Waals surface area contributed by atoms with Crippen molar-refractivity contribution in [1.29, 1.82) is 0 Å². The maximum absolute atomic E-state index is 12.4. The highest BCUT2D eigenvalue weighted by atomic mass is 32.1. The quantitative estimate of drug-likeness (QED) is 0.846. The number of carbonyl (C=O) groups excluding carboxylic acids is 2. The zero-order valence-electron chi connectivity index (χ0n) is 11.6. The normalized spacial score (nSPS) is 15.3. The molecule has 0 N–H and O–H groups in total. The Kier molecular flexibility index (Phi) is 3.74. The van der Waals surface area contributed by atoms with E-state index in [0.717, 1.165) is 5.69 Å². The largest absolute Gasteiger partial charge is 0.459 e. The number of hydrogen-bond acceptors (Lipinski definition) is 5. The number of rotatable bonds is 2. The van der Waals surface area contributed by atoms with Crippen LogP contribution < -0.4 is 0 Å². The van der Waals surface area contributed by atoms with Crippen LogP contribution in [0, 0.1) is 6.92 Å². The molecule has 2 aromatic heterocycles. The first-order valence-electron chi connectivity index (χ1n) is 6.69. The molecule has 6 nitrogen and oxygen atoms in total. The molecule has 1 fully saturated rings. The van der Waals surface area contributed by atoms with Crippen LogP contribution in [0.4, 0.5) is 0 Å². The summed E-state index contributed by atoms with van der Waals surface area (Å²) in [7, 11) is 0. The van der Waals surface area contributed by atoms with Gasteiger partial charge in [0.25, 0.3) is 11.8 Å². The summed E-state index contributed by atoms with van der Waals surface area (Å²) in [6.07, 6.45) is 1.49. The van der Waals surface area contributed by atoms with Crippen molar-refractivity contribution >= 4 is 23.2 Å². The third-order valence-electron chi connectivity index (χ3n) is 3.53. The third kappa shape index (κ3) is 2.69. The lowest BCUT2D eigenvalue weighted by molar-refractivity contribution is 0.0520. The Balaban J connectivity index is 1.62. The molecule has 1 aliphatic heterocycles. The molecule has 0 atom stereocenters. The van der Waals surface area contributed by atoms with E-state index in [1.165, 1.54) is 17.6 Å². The first-order valence-corrected chi connectivity index (χ1v) is 7.57. The van der Waals surface area contributed by atoms with Crippen LogP contribution in [0.3, 0.4) is 0 Å². The molecule has 1 saturated heterocycles. The van der Waals surface area contributed by atoms with Gasteiger partial charge in [-0.25, -0.2) is 4.98 Å². The molecular formula is C14H15N3O3S. The van der Waals surface area contributed by atoms with Crippen LogP contribution in [-0.4, -0.2) is 52.8 Å². The topological polar surface area (TPSA) is 66.7 Å². The molecule has 1 aliphatic rings. The fourth-order valence-corrected chi connectivity index (χ4v) is 3.09. The van der Waals surface area contributed by atoms with Gasteiger partial charge in [0.15, 0.2) is 5.76 Å². The zero-order chi connectivity index (χ0) is 14.8. The average molecular weight is 305 g/mol. The van der Waals surface area contributed by atoms with Crippen LogP contribution in [0.1, 0.15) is 25.9 Å². The molecule has 0 unspecified atom stereocenters. The van der Waals surface area contributed by atoms with Crippen molar-refractivity contribution in [2.75, 3.05) is 26.2 Å². The molecule has 3 heterocycles. The van der Waals surface area contributed by atoms with Gasteiger partial charge in [-0.05, 0) is 19.1 Å². The lowest BCUT2D eigenvalue weighted by Gasteiger charge is -2.34. The zero-order valence-corrected chi connectivity index (χ0v) is 12.4. The minimum absolute atomic E-state index is 0.0000904. The Morgan fingerprint density at radius 3 is 2.38 bits per heavy atom. The Hall–Kier alpha value is -2.15. The van der Waals surface area contributed by atoms with Gasteiger partial charge in [0.2, 0.25) is 0 Å². The summed E-state index contributed by atoms with van der Waals surface area (Å²) in [4.78, 5) is 32.8. The van der Waals surface area contributed by atoms with Crippen molar-refractivity contribution in [3.63, 3.8) is 0 Å². The van der Waals surface area contributed by atoms with Crippen molar-refractivity contribution in [2.24, 2.45) is 0 Å². The lowest BCUT2D eigenvalue weighted by Crippen LogP contribution is -2.50. The van der Waals surface area contributed by atoms with Gasteiger partial charge in [-0.3, -0.25) is 9.59 Å². The first-order chi connectivity index (χ1) is 10.2. The molecular weight excluding hydrogens is 290 g/mol. The van der Waals surface area contributed by atoms with Gasteiger partial charge in [-0.15, -0.1) is 11.3 Å². The summed E-state index contributed by atoms with van der Waals surface area (Å²) in [5, 5.41) is 0. The molecule has 0 aromatic carbocycles. The smallest absolute Gasteiger partial charge is 0.289 e. The fourth-order valence-electron chi connectivity index (χ4n) is 2.32. The summed E-state index contributed by atoms with van der Waals surface area (Å²) >= 11 is 1.36. The maximum atomic E-state index is 12.4. The van der Waals surface area contributed by atoms with E-state index < -0.39 is 0 Å². The highest BCUT2D eigenvalue weighted by molar-refractivity contribution is 7.11. The average Bonchev–Trinajstić information content (AvgIpc) is 3.17. The Labute approximate surface area is 126 Å². The summed E-state index contributed by atoms with van der Waals surface area (Å²) in [5.74, 6) is 0.217. The van der Waals surface area contributed by atoms with Crippen LogP contribution in [0.15, 0.2) is 28.3 Å². The second-order valence-electron chi connectivity index (χ2n) is 4.83. The second kappa shape index (κ2) is 5.69. The van der Waals surface area contributed by atoms with E-state index in [4.69, 9.17) is 4.42 Å². The van der Waals surface area contributed by atoms with Gasteiger partial charge in [-0.2, -0.15) is 0 Å². The molecule has 0 bridgehead atoms. The predicted molar refractivity (Wildman–Crippen MR) is 77.4 cm³/mol. The number of piperazine rings is 1. The summed E-state index contributed by atoms with van der Waals surface area (Å²) < 4.78 is 5.12. The molecule has 21 heavy (non-hydrogen) atoms. The highest BCUT2D eigenvalue weighted by Gasteiger charge is 2.27. The minimum atomic E-state index is -0.124. The molecule has 2 aromatic rings. The number of thiazole rings is 1. The minimum Gasteiger partial charge on any atom is -0.459 e. The van der Waals surface area contributed by atoms with E-state index >= 15 is 0 Å². The molecule has 7 heteroatoms. The van der Waals surface area contributed by atoms with E-state index in [0.29, 0.717) is 36.8 Å². The maximum Gasteiger partial charge on any atom is 0.289 e. The monoisotopic (exact) mass is 305 g/mol. The highest BCUT2D eigenvalue weighted by Crippen LogP contribution is 2.17. The van der Waals surface area contributed by atoms with Gasteiger partial charge in [-0.1, -0.05) is 0 Å². The van der Waals surface area contributed by atoms with Gasteiger partial charge >= 0.3 is 0 Å². The first kappa shape index (κ1) is 13.8. The molecule has 110 valence electrons. The SMILES string of the molecule is Cc1ncsc1C(=O)N1CCN(C(=O)c2ccco2)CC1. The summed E-state index contributed by atoms with van der Waals surface area (Å²) in [5.41, 5.74) is 2.44. The third-order valence-corrected chi connectivity index (χ3v) is 4.44. The number of carbonyl (C=O) groups is 2. The van der Waals surface area contributed by atoms with Gasteiger partial charge < -0.3 is 14.2 Å². The van der Waals surface area contributed by atoms with E-state index in [9.17, 15) is 9.59 Å². The summed E-state index contributed by atoms with van der Waals surface area (Å²) in [6, 6.07) is 3.35. The Morgan fingerprint density at radius 1 is 1.19 bits per heavy atom. The standard InChI is InChI=1S/C14H15N3O3S/c1-10-12(21-9-15-10)14(19)17-6-4-16(5-7-17)13(18)11-3-2-8-20-11/h2-3,8-9H,4-7H2,1H3. The van der Waals surface area contributed by atoms with Gasteiger partial charge in [0.05, 0.1) is 17.5 Å². The van der Waals surface area contributed by atoms with Crippen molar-refractivity contribution in [3.05, 3.63) is 40.2 Å². The van der Waals surface area contributed by atoms with Crippen LogP contribution in [0.25, 0.3) is 0 Å². The number of aromatic nitrogens is 1. The lowest BCUT2D eigenvalue weighted by atomic mass is 10.2. The number of nitrogens with zero attached hydrogens (tertiary/aromatic N) is 3. The van der Waals surface area contributed by atoms with E-state index in [2.05, 4.69) is 4.98 Å². The van der Waals surface area contributed by atoms with Crippen LogP contribution in [0.5, 0.6) is 0 Å². The van der Waals surface area contributed by atoms with E-state index in [-0.39, 0.29) is 11.8 Å². The van der Waals surface area contributed by atoms with Crippen LogP contribution >= 0.6 is 11.3 Å². The summed E-state index contributed by atoms with van der Waals surface area (Å²) in [6.45, 7) is 3.93. The number of hydrogen-bond donors (Lipinski definition) is 0. The Morgan fingerprint density at radius 2 is 1.86 bits per heavy atom. The Bertz CT molecular complexity index is 642. The number of furan rings is 1. The van der Waals surface area contributed by atoms with Crippen molar-refractivity contribution in [2.45, 2.75) is 6.92 Å². The van der Waals surface area contributed by atoms with Gasteiger partial charge in [0.1, 0.15) is 4.88 Å². The van der Waals surface area contributed by atoms with Crippen LogP contribution in [0.2, 0.25) is 0 Å². The molecule has 3 rings (SSSR count). The van der Waals surface area contributed by atoms with E-state index in [1.807, 2.05) is 6.92 Å². The molecule has 0 saturated carbocycles. The molecule has 0 aliphatic carbocycles. The number of aryl methyl sites for hydroxylation is 1. The fraction of sp³-hybridized carbons (Fsp3) is 0.357. The second-order valence-corrected chi connectivity index (χ2v) is 5.68. The van der Waals surface area contributed by atoms with E-state index in [1.54, 1.807) is 27.4 Å². The number of amides is 2.